The summed E-state index contributed by atoms with van der Waals surface area (Å²) in [5.74, 6) is 0.567. The lowest BCUT2D eigenvalue weighted by molar-refractivity contribution is -0.137. The second-order valence-electron chi connectivity index (χ2n) is 2.57. The lowest BCUT2D eigenvalue weighted by Gasteiger charge is -2.03. The largest absolute Gasteiger partial charge is 0.481 e. The van der Waals surface area contributed by atoms with E-state index < -0.39 is 5.97 Å². The van der Waals surface area contributed by atoms with Crippen LogP contribution < -0.4 is 0 Å². The summed E-state index contributed by atoms with van der Waals surface area (Å²) in [5.41, 5.74) is 0. The number of carboxylic acid groups (broad SMARTS) is 1. The highest BCUT2D eigenvalue weighted by molar-refractivity contribution is 8.00. The molecule has 0 bridgehead atoms. The van der Waals surface area contributed by atoms with Crippen molar-refractivity contribution in [3.8, 4) is 0 Å². The molecule has 10 heavy (non-hydrogen) atoms. The molecule has 2 nitrogen and oxygen atoms in total. The van der Waals surface area contributed by atoms with Crippen molar-refractivity contribution in [3.63, 3.8) is 0 Å². The molecule has 0 unspecified atom stereocenters. The van der Waals surface area contributed by atoms with E-state index in [1.54, 1.807) is 0 Å². The van der Waals surface area contributed by atoms with Crippen molar-refractivity contribution in [2.24, 2.45) is 0 Å². The zero-order valence-electron chi connectivity index (χ0n) is 5.88. The first-order valence-electron chi connectivity index (χ1n) is 3.62. The van der Waals surface area contributed by atoms with Gasteiger partial charge in [-0.3, -0.25) is 4.79 Å². The molecule has 1 saturated heterocycles. The van der Waals surface area contributed by atoms with E-state index in [-0.39, 0.29) is 0 Å². The molecule has 1 rings (SSSR count). The van der Waals surface area contributed by atoms with Crippen LogP contribution in [-0.2, 0) is 4.79 Å². The van der Waals surface area contributed by atoms with Crippen molar-refractivity contribution in [1.29, 1.82) is 0 Å². The Morgan fingerprint density at radius 1 is 1.70 bits per heavy atom. The van der Waals surface area contributed by atoms with E-state index in [1.165, 1.54) is 18.6 Å². The van der Waals surface area contributed by atoms with E-state index in [2.05, 4.69) is 0 Å². The Labute approximate surface area is 65.0 Å². The molecule has 3 heteroatoms. The molecule has 1 heterocycles. The Bertz CT molecular complexity index is 119. The number of aliphatic carboxylic acids is 1. The van der Waals surface area contributed by atoms with Crippen molar-refractivity contribution in [2.75, 3.05) is 5.75 Å². The van der Waals surface area contributed by atoms with Gasteiger partial charge in [0.05, 0.1) is 0 Å². The van der Waals surface area contributed by atoms with E-state index in [9.17, 15) is 4.79 Å². The maximum absolute atomic E-state index is 10.1. The van der Waals surface area contributed by atoms with Crippen LogP contribution in [0.2, 0.25) is 0 Å². The summed E-state index contributed by atoms with van der Waals surface area (Å²) >= 11 is 1.92. The predicted octanol–water partition coefficient (Wildman–Crippen LogP) is 1.75. The van der Waals surface area contributed by atoms with Gasteiger partial charge in [0.25, 0.3) is 0 Å². The Hall–Kier alpha value is -0.180. The van der Waals surface area contributed by atoms with Crippen LogP contribution in [-0.4, -0.2) is 22.1 Å². The normalized spacial score (nSPS) is 25.0. The minimum atomic E-state index is -0.660. The number of hydrogen-bond acceptors (Lipinski definition) is 2. The van der Waals surface area contributed by atoms with E-state index in [1.807, 2.05) is 11.8 Å². The molecule has 0 spiro atoms. The number of carbonyl (C=O) groups is 1. The Kier molecular flexibility index (Phi) is 3.06. The third-order valence-corrected chi connectivity index (χ3v) is 3.17. The van der Waals surface area contributed by atoms with Gasteiger partial charge in [0.2, 0.25) is 0 Å². The molecule has 0 aliphatic carbocycles. The molecule has 0 aromatic rings. The minimum Gasteiger partial charge on any atom is -0.481 e. The van der Waals surface area contributed by atoms with Gasteiger partial charge in [0.15, 0.2) is 0 Å². The van der Waals surface area contributed by atoms with Crippen LogP contribution >= 0.6 is 11.8 Å². The van der Waals surface area contributed by atoms with Crippen molar-refractivity contribution in [1.82, 2.24) is 0 Å². The maximum atomic E-state index is 10.1. The number of hydrogen-bond donors (Lipinski definition) is 1. The van der Waals surface area contributed by atoms with Gasteiger partial charge in [-0.05, 0) is 25.0 Å². The Balaban J connectivity index is 2.07. The van der Waals surface area contributed by atoms with Crippen molar-refractivity contribution in [3.05, 3.63) is 0 Å². The van der Waals surface area contributed by atoms with Crippen LogP contribution in [0.3, 0.4) is 0 Å². The lowest BCUT2D eigenvalue weighted by atomic mass is 10.1. The number of carboxylic acids is 1. The van der Waals surface area contributed by atoms with Gasteiger partial charge in [0, 0.05) is 11.7 Å². The maximum Gasteiger partial charge on any atom is 0.303 e. The van der Waals surface area contributed by atoms with Crippen molar-refractivity contribution < 1.29 is 9.90 Å². The van der Waals surface area contributed by atoms with Crippen molar-refractivity contribution in [2.45, 2.75) is 30.9 Å². The molecule has 1 atom stereocenters. The second-order valence-corrected chi connectivity index (χ2v) is 3.98. The summed E-state index contributed by atoms with van der Waals surface area (Å²) in [6.45, 7) is 0. The average molecular weight is 160 g/mol. The summed E-state index contributed by atoms with van der Waals surface area (Å²) in [7, 11) is 0. The highest BCUT2D eigenvalue weighted by atomic mass is 32.2. The van der Waals surface area contributed by atoms with Gasteiger partial charge < -0.3 is 5.11 Å². The molecule has 0 aromatic heterocycles. The number of rotatable bonds is 3. The molecule has 0 radical (unpaired) electrons. The minimum absolute atomic E-state index is 0.345. The van der Waals surface area contributed by atoms with Crippen LogP contribution in [0.15, 0.2) is 0 Å². The average Bonchev–Trinajstić information content (AvgIpc) is 2.34. The molecule has 1 fully saturated rings. The molecule has 0 aromatic carbocycles. The van der Waals surface area contributed by atoms with Crippen LogP contribution in [0.5, 0.6) is 0 Å². The molecule has 0 amide bonds. The highest BCUT2D eigenvalue weighted by Gasteiger charge is 2.15. The SMILES string of the molecule is O=C(O)CC[C@H]1CCCS1. The first kappa shape index (κ1) is 7.92. The monoisotopic (exact) mass is 160 g/mol. The fourth-order valence-electron chi connectivity index (χ4n) is 1.16. The highest BCUT2D eigenvalue weighted by Crippen LogP contribution is 2.29. The Morgan fingerprint density at radius 3 is 3.00 bits per heavy atom. The third-order valence-electron chi connectivity index (χ3n) is 1.70. The summed E-state index contributed by atoms with van der Waals surface area (Å²) < 4.78 is 0. The predicted molar refractivity (Wildman–Crippen MR) is 42.3 cm³/mol. The fraction of sp³-hybridized carbons (Fsp3) is 0.857. The van der Waals surface area contributed by atoms with Gasteiger partial charge in [-0.15, -0.1) is 0 Å². The van der Waals surface area contributed by atoms with E-state index >= 15 is 0 Å². The van der Waals surface area contributed by atoms with E-state index in [4.69, 9.17) is 5.11 Å². The molecule has 1 aliphatic rings. The smallest absolute Gasteiger partial charge is 0.303 e. The molecule has 1 aliphatic heterocycles. The summed E-state index contributed by atoms with van der Waals surface area (Å²) in [6, 6.07) is 0. The van der Waals surface area contributed by atoms with Gasteiger partial charge >= 0.3 is 5.97 Å². The Morgan fingerprint density at radius 2 is 2.50 bits per heavy atom. The molecule has 0 saturated carbocycles. The molecule has 1 N–H and O–H groups in total. The van der Waals surface area contributed by atoms with E-state index in [0.29, 0.717) is 11.7 Å². The quantitative estimate of drug-likeness (QED) is 0.683. The topological polar surface area (TPSA) is 37.3 Å². The van der Waals surface area contributed by atoms with Crippen molar-refractivity contribution >= 4 is 17.7 Å². The van der Waals surface area contributed by atoms with Gasteiger partial charge in [-0.25, -0.2) is 0 Å². The first-order valence-corrected chi connectivity index (χ1v) is 4.67. The molecule has 58 valence electrons. The fourth-order valence-corrected chi connectivity index (χ4v) is 2.44. The van der Waals surface area contributed by atoms with Gasteiger partial charge in [-0.1, -0.05) is 0 Å². The third kappa shape index (κ3) is 2.60. The van der Waals surface area contributed by atoms with Crippen LogP contribution in [0.25, 0.3) is 0 Å². The lowest BCUT2D eigenvalue weighted by Crippen LogP contribution is -2.02. The standard InChI is InChI=1S/C7H12O2S/c8-7(9)4-3-6-2-1-5-10-6/h6H,1-5H2,(H,8,9)/t6-/m1/s1. The second kappa shape index (κ2) is 3.86. The zero-order valence-corrected chi connectivity index (χ0v) is 6.69. The summed E-state index contributed by atoms with van der Waals surface area (Å²) in [5, 5.41) is 9.00. The number of thioether (sulfide) groups is 1. The molecular weight excluding hydrogens is 148 g/mol. The van der Waals surface area contributed by atoms with Gasteiger partial charge in [0.1, 0.15) is 0 Å². The van der Waals surface area contributed by atoms with E-state index in [0.717, 1.165) is 6.42 Å². The summed E-state index contributed by atoms with van der Waals surface area (Å²) in [6.07, 6.45) is 3.70. The zero-order chi connectivity index (χ0) is 7.40. The summed E-state index contributed by atoms with van der Waals surface area (Å²) in [4.78, 5) is 10.1. The van der Waals surface area contributed by atoms with Crippen LogP contribution in [0, 0.1) is 0 Å². The van der Waals surface area contributed by atoms with Gasteiger partial charge in [-0.2, -0.15) is 11.8 Å². The first-order chi connectivity index (χ1) is 4.79. The molecular formula is C7H12O2S. The van der Waals surface area contributed by atoms with Crippen LogP contribution in [0.1, 0.15) is 25.7 Å². The van der Waals surface area contributed by atoms with Crippen LogP contribution in [0.4, 0.5) is 0 Å².